The second kappa shape index (κ2) is 5.38. The summed E-state index contributed by atoms with van der Waals surface area (Å²) in [6.07, 6.45) is 0. The maximum absolute atomic E-state index is 11.5. The number of thiazole rings is 1. The molecule has 0 saturated heterocycles. The molecule has 0 saturated carbocycles. The molecule has 1 aromatic heterocycles. The second-order valence-electron chi connectivity index (χ2n) is 4.46. The molecule has 0 amide bonds. The summed E-state index contributed by atoms with van der Waals surface area (Å²) >= 11 is 1.14. The van der Waals surface area contributed by atoms with Crippen molar-refractivity contribution < 1.29 is 9.90 Å². The van der Waals surface area contributed by atoms with Crippen LogP contribution in [0.2, 0.25) is 0 Å². The lowest BCUT2D eigenvalue weighted by molar-refractivity contribution is 0.0702. The zero-order valence-corrected chi connectivity index (χ0v) is 11.8. The molecule has 0 aliphatic heterocycles. The highest BCUT2D eigenvalue weighted by atomic mass is 32.1. The molecule has 4 nitrogen and oxygen atoms in total. The van der Waals surface area contributed by atoms with Gasteiger partial charge in [-0.05, 0) is 12.1 Å². The molecule has 0 atom stereocenters. The number of nitrogen functional groups attached to an aromatic ring is 1. The van der Waals surface area contributed by atoms with E-state index < -0.39 is 5.97 Å². The average Bonchev–Trinajstić information content (AvgIpc) is 2.94. The Kier molecular flexibility index (Phi) is 3.41. The van der Waals surface area contributed by atoms with Crippen LogP contribution in [0.4, 0.5) is 5.69 Å². The minimum Gasteiger partial charge on any atom is -0.477 e. The Morgan fingerprint density at radius 2 is 1.71 bits per heavy atom. The molecule has 21 heavy (non-hydrogen) atoms. The van der Waals surface area contributed by atoms with Crippen LogP contribution in [0, 0.1) is 0 Å². The lowest BCUT2D eigenvalue weighted by Gasteiger charge is -2.00. The molecule has 3 rings (SSSR count). The first-order valence-electron chi connectivity index (χ1n) is 6.31. The predicted octanol–water partition coefficient (Wildman–Crippen LogP) is 3.76. The Hall–Kier alpha value is -2.66. The molecule has 0 spiro atoms. The van der Waals surface area contributed by atoms with Gasteiger partial charge in [0.1, 0.15) is 9.88 Å². The van der Waals surface area contributed by atoms with Crippen molar-refractivity contribution in [3.8, 4) is 21.8 Å². The number of carbonyl (C=O) groups is 1. The minimum atomic E-state index is -0.980. The van der Waals surface area contributed by atoms with E-state index in [9.17, 15) is 9.90 Å². The predicted molar refractivity (Wildman–Crippen MR) is 84.4 cm³/mol. The zero-order chi connectivity index (χ0) is 14.8. The Bertz CT molecular complexity index is 797. The van der Waals surface area contributed by atoms with Crippen molar-refractivity contribution in [2.45, 2.75) is 0 Å². The Morgan fingerprint density at radius 1 is 1.05 bits per heavy atom. The van der Waals surface area contributed by atoms with Gasteiger partial charge in [-0.1, -0.05) is 42.5 Å². The zero-order valence-electron chi connectivity index (χ0n) is 11.0. The van der Waals surface area contributed by atoms with Gasteiger partial charge in [0.2, 0.25) is 0 Å². The molecule has 0 bridgehead atoms. The summed E-state index contributed by atoms with van der Waals surface area (Å²) in [5, 5.41) is 10.0. The number of aromatic nitrogens is 1. The molecule has 1 heterocycles. The number of nitrogens with zero attached hydrogens (tertiary/aromatic N) is 1. The number of rotatable bonds is 3. The van der Waals surface area contributed by atoms with Gasteiger partial charge in [-0.2, -0.15) is 0 Å². The van der Waals surface area contributed by atoms with Crippen LogP contribution in [0.3, 0.4) is 0 Å². The highest BCUT2D eigenvalue weighted by molar-refractivity contribution is 7.17. The number of carboxylic acid groups (broad SMARTS) is 1. The minimum absolute atomic E-state index is 0.222. The van der Waals surface area contributed by atoms with Gasteiger partial charge < -0.3 is 10.8 Å². The fraction of sp³-hybridized carbons (Fsp3) is 0. The molecule has 0 aliphatic carbocycles. The van der Waals surface area contributed by atoms with Crippen LogP contribution in [0.5, 0.6) is 0 Å². The van der Waals surface area contributed by atoms with Crippen LogP contribution < -0.4 is 5.73 Å². The molecular weight excluding hydrogens is 284 g/mol. The number of anilines is 1. The standard InChI is InChI=1S/C16H12N2O2S/c17-12-9-5-4-8-11(12)15-18-13(14(21-15)16(19)20)10-6-2-1-3-7-10/h1-9H,17H2,(H,19,20). The number of hydrogen-bond acceptors (Lipinski definition) is 4. The van der Waals surface area contributed by atoms with E-state index in [0.717, 1.165) is 22.5 Å². The van der Waals surface area contributed by atoms with E-state index in [-0.39, 0.29) is 4.88 Å². The van der Waals surface area contributed by atoms with Crippen LogP contribution in [-0.2, 0) is 0 Å². The largest absolute Gasteiger partial charge is 0.477 e. The molecule has 2 aromatic carbocycles. The number of para-hydroxylation sites is 1. The summed E-state index contributed by atoms with van der Waals surface area (Å²) in [4.78, 5) is 16.2. The van der Waals surface area contributed by atoms with Crippen molar-refractivity contribution in [1.29, 1.82) is 0 Å². The Morgan fingerprint density at radius 3 is 2.38 bits per heavy atom. The van der Waals surface area contributed by atoms with Gasteiger partial charge >= 0.3 is 5.97 Å². The third-order valence-corrected chi connectivity index (χ3v) is 4.14. The van der Waals surface area contributed by atoms with E-state index in [0.29, 0.717) is 16.4 Å². The average molecular weight is 296 g/mol. The lowest BCUT2D eigenvalue weighted by atomic mass is 10.1. The summed E-state index contributed by atoms with van der Waals surface area (Å²) in [6.45, 7) is 0. The van der Waals surface area contributed by atoms with E-state index in [1.165, 1.54) is 0 Å². The third kappa shape index (κ3) is 2.51. The Balaban J connectivity index is 2.18. The van der Waals surface area contributed by atoms with E-state index >= 15 is 0 Å². The van der Waals surface area contributed by atoms with Crippen LogP contribution in [-0.4, -0.2) is 16.1 Å². The molecule has 0 aliphatic rings. The monoisotopic (exact) mass is 296 g/mol. The van der Waals surface area contributed by atoms with Crippen molar-refractivity contribution in [3.05, 3.63) is 59.5 Å². The van der Waals surface area contributed by atoms with Crippen molar-refractivity contribution in [2.75, 3.05) is 5.73 Å². The first kappa shape index (κ1) is 13.3. The van der Waals surface area contributed by atoms with Crippen LogP contribution >= 0.6 is 11.3 Å². The molecule has 0 radical (unpaired) electrons. The SMILES string of the molecule is Nc1ccccc1-c1nc(-c2ccccc2)c(C(=O)O)s1. The summed E-state index contributed by atoms with van der Waals surface area (Å²) in [6, 6.07) is 16.6. The maximum Gasteiger partial charge on any atom is 0.348 e. The number of carboxylic acids is 1. The van der Waals surface area contributed by atoms with Gasteiger partial charge in [-0.3, -0.25) is 0 Å². The van der Waals surface area contributed by atoms with E-state index in [2.05, 4.69) is 4.98 Å². The van der Waals surface area contributed by atoms with Gasteiger partial charge in [0, 0.05) is 16.8 Å². The molecular formula is C16H12N2O2S. The van der Waals surface area contributed by atoms with Crippen LogP contribution in [0.15, 0.2) is 54.6 Å². The van der Waals surface area contributed by atoms with Crippen molar-refractivity contribution in [1.82, 2.24) is 4.98 Å². The van der Waals surface area contributed by atoms with Crippen LogP contribution in [0.25, 0.3) is 21.8 Å². The first-order chi connectivity index (χ1) is 10.2. The second-order valence-corrected chi connectivity index (χ2v) is 5.45. The normalized spacial score (nSPS) is 10.5. The highest BCUT2D eigenvalue weighted by Crippen LogP contribution is 2.35. The summed E-state index contributed by atoms with van der Waals surface area (Å²) in [5.74, 6) is -0.980. The van der Waals surface area contributed by atoms with Crippen LogP contribution in [0.1, 0.15) is 9.67 Å². The summed E-state index contributed by atoms with van der Waals surface area (Å²) in [7, 11) is 0. The molecule has 0 unspecified atom stereocenters. The van der Waals surface area contributed by atoms with E-state index in [1.807, 2.05) is 48.5 Å². The number of aromatic carboxylic acids is 1. The Labute approximate surface area is 125 Å². The summed E-state index contributed by atoms with van der Waals surface area (Å²) in [5.41, 5.74) is 8.55. The van der Waals surface area contributed by atoms with Crippen molar-refractivity contribution >= 4 is 23.0 Å². The third-order valence-electron chi connectivity index (χ3n) is 3.06. The van der Waals surface area contributed by atoms with Crippen molar-refractivity contribution in [2.24, 2.45) is 0 Å². The number of benzene rings is 2. The molecule has 0 fully saturated rings. The molecule has 5 heteroatoms. The van der Waals surface area contributed by atoms with Gasteiger partial charge in [0.15, 0.2) is 0 Å². The van der Waals surface area contributed by atoms with E-state index in [4.69, 9.17) is 5.73 Å². The maximum atomic E-state index is 11.5. The van der Waals surface area contributed by atoms with Gasteiger partial charge in [-0.25, -0.2) is 9.78 Å². The smallest absolute Gasteiger partial charge is 0.348 e. The highest BCUT2D eigenvalue weighted by Gasteiger charge is 2.20. The quantitative estimate of drug-likeness (QED) is 0.721. The summed E-state index contributed by atoms with van der Waals surface area (Å²) < 4.78 is 0. The molecule has 104 valence electrons. The number of hydrogen-bond donors (Lipinski definition) is 2. The molecule has 3 N–H and O–H groups in total. The van der Waals surface area contributed by atoms with Gasteiger partial charge in [0.05, 0.1) is 5.69 Å². The van der Waals surface area contributed by atoms with E-state index in [1.54, 1.807) is 6.07 Å². The first-order valence-corrected chi connectivity index (χ1v) is 7.13. The lowest BCUT2D eigenvalue weighted by Crippen LogP contribution is -1.95. The van der Waals surface area contributed by atoms with Gasteiger partial charge in [0.25, 0.3) is 0 Å². The fourth-order valence-electron chi connectivity index (χ4n) is 2.06. The molecule has 3 aromatic rings. The number of nitrogens with two attached hydrogens (primary N) is 1. The van der Waals surface area contributed by atoms with Gasteiger partial charge in [-0.15, -0.1) is 11.3 Å². The van der Waals surface area contributed by atoms with Crippen molar-refractivity contribution in [3.63, 3.8) is 0 Å². The fourth-order valence-corrected chi connectivity index (χ4v) is 3.04. The topological polar surface area (TPSA) is 76.2 Å².